The Morgan fingerprint density at radius 3 is 2.41 bits per heavy atom. The van der Waals surface area contributed by atoms with Gasteiger partial charge in [-0.25, -0.2) is 13.4 Å². The molecule has 2 fully saturated rings. The van der Waals surface area contributed by atoms with Gasteiger partial charge in [-0.1, -0.05) is 13.8 Å². The first kappa shape index (κ1) is 20.1. The van der Waals surface area contributed by atoms with E-state index in [1.165, 1.54) is 10.5 Å². The molecule has 0 bridgehead atoms. The van der Waals surface area contributed by atoms with E-state index in [0.717, 1.165) is 38.8 Å². The van der Waals surface area contributed by atoms with Crippen LogP contribution in [-0.2, 0) is 14.8 Å². The van der Waals surface area contributed by atoms with Gasteiger partial charge in [0.25, 0.3) is 0 Å². The highest BCUT2D eigenvalue weighted by molar-refractivity contribution is 7.89. The van der Waals surface area contributed by atoms with Crippen LogP contribution in [0, 0.1) is 5.92 Å². The van der Waals surface area contributed by atoms with Crippen LogP contribution in [0.3, 0.4) is 0 Å². The first-order valence-corrected chi connectivity index (χ1v) is 11.3. The molecule has 150 valence electrons. The molecule has 0 aliphatic carbocycles. The van der Waals surface area contributed by atoms with Crippen molar-refractivity contribution in [2.45, 2.75) is 56.9 Å². The second-order valence-corrected chi connectivity index (χ2v) is 9.83. The Morgan fingerprint density at radius 2 is 1.85 bits per heavy atom. The summed E-state index contributed by atoms with van der Waals surface area (Å²) in [4.78, 5) is 18.6. The zero-order valence-electron chi connectivity index (χ0n) is 16.2. The van der Waals surface area contributed by atoms with Gasteiger partial charge in [-0.15, -0.1) is 0 Å². The van der Waals surface area contributed by atoms with Gasteiger partial charge in [-0.05, 0) is 43.7 Å². The molecule has 7 nitrogen and oxygen atoms in total. The summed E-state index contributed by atoms with van der Waals surface area (Å²) in [6.07, 6.45) is 5.64. The molecule has 0 aromatic carbocycles. The molecule has 2 aliphatic rings. The summed E-state index contributed by atoms with van der Waals surface area (Å²) in [7, 11) is -3.42. The highest BCUT2D eigenvalue weighted by Gasteiger charge is 2.28. The Kier molecular flexibility index (Phi) is 6.37. The van der Waals surface area contributed by atoms with Crippen LogP contribution in [-0.4, -0.2) is 60.7 Å². The molecule has 0 saturated carbocycles. The number of sulfonamides is 1. The number of piperidine rings is 1. The highest BCUT2D eigenvalue weighted by Crippen LogP contribution is 2.22. The molecule has 2 aliphatic heterocycles. The molecule has 8 heteroatoms. The second kappa shape index (κ2) is 8.56. The Labute approximate surface area is 162 Å². The third-order valence-corrected chi connectivity index (χ3v) is 7.10. The number of hydrogen-bond donors (Lipinski definition) is 1. The molecule has 0 spiro atoms. The van der Waals surface area contributed by atoms with E-state index in [2.05, 4.69) is 24.1 Å². The molecule has 0 atom stereocenters. The molecule has 1 N–H and O–H groups in total. The third-order valence-electron chi connectivity index (χ3n) is 5.22. The predicted octanol–water partition coefficient (Wildman–Crippen LogP) is 2.32. The van der Waals surface area contributed by atoms with E-state index < -0.39 is 10.0 Å². The van der Waals surface area contributed by atoms with Gasteiger partial charge in [0.1, 0.15) is 10.7 Å². The maximum absolute atomic E-state index is 12.5. The molecule has 2 saturated heterocycles. The minimum Gasteiger partial charge on any atom is -0.367 e. The largest absolute Gasteiger partial charge is 0.367 e. The van der Waals surface area contributed by atoms with Crippen LogP contribution < -0.4 is 5.32 Å². The number of likely N-dealkylation sites (tertiary alicyclic amines) is 1. The van der Waals surface area contributed by atoms with Crippen molar-refractivity contribution in [3.05, 3.63) is 18.3 Å². The Hall–Kier alpha value is -1.67. The van der Waals surface area contributed by atoms with Gasteiger partial charge in [0.2, 0.25) is 15.9 Å². The molecule has 1 aromatic heterocycles. The van der Waals surface area contributed by atoms with Gasteiger partial charge in [0, 0.05) is 44.8 Å². The zero-order valence-corrected chi connectivity index (χ0v) is 17.0. The van der Waals surface area contributed by atoms with E-state index in [-0.39, 0.29) is 16.8 Å². The smallest absolute Gasteiger partial charge is 0.244 e. The number of nitrogens with zero attached hydrogens (tertiary/aromatic N) is 3. The molecule has 27 heavy (non-hydrogen) atoms. The van der Waals surface area contributed by atoms with Crippen molar-refractivity contribution in [3.63, 3.8) is 0 Å². The number of pyridine rings is 1. The molecule has 1 aromatic rings. The monoisotopic (exact) mass is 394 g/mol. The number of aromatic nitrogens is 1. The first-order valence-electron chi connectivity index (χ1n) is 9.87. The SMILES string of the molecule is CC(C)CC(=O)N1CCC(Nc2ccc(S(=O)(=O)N3CCCC3)cn2)CC1. The fraction of sp³-hybridized carbons (Fsp3) is 0.684. The van der Waals surface area contributed by atoms with Crippen molar-refractivity contribution in [3.8, 4) is 0 Å². The van der Waals surface area contributed by atoms with Crippen LogP contribution in [0.1, 0.15) is 46.0 Å². The minimum atomic E-state index is -3.42. The van der Waals surface area contributed by atoms with Crippen molar-refractivity contribution in [1.29, 1.82) is 0 Å². The van der Waals surface area contributed by atoms with Gasteiger partial charge < -0.3 is 10.2 Å². The molecule has 0 unspecified atom stereocenters. The maximum atomic E-state index is 12.5. The standard InChI is InChI=1S/C19H30N4O3S/c1-15(2)13-19(24)22-11-7-16(8-12-22)21-18-6-5-17(14-20-18)27(25,26)23-9-3-4-10-23/h5-6,14-16H,3-4,7-13H2,1-2H3,(H,20,21). The van der Waals surface area contributed by atoms with Gasteiger partial charge in [-0.3, -0.25) is 4.79 Å². The maximum Gasteiger partial charge on any atom is 0.244 e. The van der Waals surface area contributed by atoms with E-state index in [0.29, 0.717) is 31.2 Å². The molecule has 1 amide bonds. The zero-order chi connectivity index (χ0) is 19.4. The lowest BCUT2D eigenvalue weighted by molar-refractivity contribution is -0.132. The average Bonchev–Trinajstić information content (AvgIpc) is 3.18. The van der Waals surface area contributed by atoms with Crippen molar-refractivity contribution in [1.82, 2.24) is 14.2 Å². The van der Waals surface area contributed by atoms with Crippen LogP contribution >= 0.6 is 0 Å². The number of nitrogens with one attached hydrogen (secondary N) is 1. The van der Waals surface area contributed by atoms with Crippen LogP contribution in [0.15, 0.2) is 23.2 Å². The highest BCUT2D eigenvalue weighted by atomic mass is 32.2. The number of anilines is 1. The van der Waals surface area contributed by atoms with Crippen molar-refractivity contribution >= 4 is 21.7 Å². The van der Waals surface area contributed by atoms with Crippen molar-refractivity contribution in [2.24, 2.45) is 5.92 Å². The molecule has 0 radical (unpaired) electrons. The number of carbonyl (C=O) groups excluding carboxylic acids is 1. The summed E-state index contributed by atoms with van der Waals surface area (Å²) in [5, 5.41) is 3.37. The van der Waals surface area contributed by atoms with E-state index in [9.17, 15) is 13.2 Å². The van der Waals surface area contributed by atoms with Gasteiger partial charge in [0.15, 0.2) is 0 Å². The summed E-state index contributed by atoms with van der Waals surface area (Å²) in [6, 6.07) is 3.62. The Morgan fingerprint density at radius 1 is 1.19 bits per heavy atom. The fourth-order valence-electron chi connectivity index (χ4n) is 3.66. The lowest BCUT2D eigenvalue weighted by atomic mass is 10.0. The number of carbonyl (C=O) groups is 1. The van der Waals surface area contributed by atoms with E-state index in [4.69, 9.17) is 0 Å². The van der Waals surface area contributed by atoms with Gasteiger partial charge in [-0.2, -0.15) is 4.31 Å². The number of rotatable bonds is 6. The summed E-state index contributed by atoms with van der Waals surface area (Å²) >= 11 is 0. The van der Waals surface area contributed by atoms with Crippen molar-refractivity contribution < 1.29 is 13.2 Å². The average molecular weight is 395 g/mol. The molecular formula is C19H30N4O3S. The molecular weight excluding hydrogens is 364 g/mol. The van der Waals surface area contributed by atoms with Crippen molar-refractivity contribution in [2.75, 3.05) is 31.5 Å². The summed E-state index contributed by atoms with van der Waals surface area (Å²) in [6.45, 7) is 6.82. The third kappa shape index (κ3) is 4.99. The fourth-order valence-corrected chi connectivity index (χ4v) is 5.12. The Bertz CT molecular complexity index is 735. The van der Waals surface area contributed by atoms with Crippen LogP contribution in [0.2, 0.25) is 0 Å². The van der Waals surface area contributed by atoms with Crippen LogP contribution in [0.5, 0.6) is 0 Å². The van der Waals surface area contributed by atoms with E-state index >= 15 is 0 Å². The summed E-state index contributed by atoms with van der Waals surface area (Å²) in [5.41, 5.74) is 0. The summed E-state index contributed by atoms with van der Waals surface area (Å²) in [5.74, 6) is 1.30. The Balaban J connectivity index is 1.53. The topological polar surface area (TPSA) is 82.6 Å². The lowest BCUT2D eigenvalue weighted by Crippen LogP contribution is -2.42. The lowest BCUT2D eigenvalue weighted by Gasteiger charge is -2.33. The number of hydrogen-bond acceptors (Lipinski definition) is 5. The van der Waals surface area contributed by atoms with Crippen LogP contribution in [0.25, 0.3) is 0 Å². The number of amides is 1. The molecule has 3 rings (SSSR count). The predicted molar refractivity (Wildman–Crippen MR) is 105 cm³/mol. The quantitative estimate of drug-likeness (QED) is 0.801. The van der Waals surface area contributed by atoms with E-state index in [1.54, 1.807) is 12.1 Å². The minimum absolute atomic E-state index is 0.234. The first-order chi connectivity index (χ1) is 12.9. The molecule has 3 heterocycles. The van der Waals surface area contributed by atoms with Crippen LogP contribution in [0.4, 0.5) is 5.82 Å². The van der Waals surface area contributed by atoms with E-state index in [1.807, 2.05) is 4.90 Å². The van der Waals surface area contributed by atoms with Gasteiger partial charge >= 0.3 is 0 Å². The van der Waals surface area contributed by atoms with Gasteiger partial charge in [0.05, 0.1) is 0 Å². The second-order valence-electron chi connectivity index (χ2n) is 7.89. The normalized spacial score (nSPS) is 19.6. The summed E-state index contributed by atoms with van der Waals surface area (Å²) < 4.78 is 26.6.